The van der Waals surface area contributed by atoms with Gasteiger partial charge in [-0.15, -0.1) is 0 Å². The van der Waals surface area contributed by atoms with E-state index in [1.54, 1.807) is 0 Å². The maximum Gasteiger partial charge on any atom is 0.332 e. The van der Waals surface area contributed by atoms with Crippen LogP contribution in [0.5, 0.6) is 0 Å². The van der Waals surface area contributed by atoms with E-state index in [2.05, 4.69) is 0 Å². The Morgan fingerprint density at radius 3 is 1.19 bits per heavy atom. The van der Waals surface area contributed by atoms with Crippen molar-refractivity contribution >= 4 is 56.9 Å². The van der Waals surface area contributed by atoms with Crippen molar-refractivity contribution in [2.24, 2.45) is 34.4 Å². The quantitative estimate of drug-likeness (QED) is 0.0545. The van der Waals surface area contributed by atoms with Crippen molar-refractivity contribution < 1.29 is 39.0 Å². The molecule has 0 rings (SSSR count). The van der Waals surface area contributed by atoms with Gasteiger partial charge in [-0.3, -0.25) is 19.2 Å². The first-order valence-corrected chi connectivity index (χ1v) is 11.5. The summed E-state index contributed by atoms with van der Waals surface area (Å²) < 4.78 is 0. The fraction of sp³-hybridized carbons (Fsp3) is 0.625. The molecule has 4 atom stereocenters. The van der Waals surface area contributed by atoms with E-state index < -0.39 is 70.0 Å². The molecule has 32 heavy (non-hydrogen) atoms. The first-order valence-electron chi connectivity index (χ1n) is 9.05. The zero-order chi connectivity index (χ0) is 25.3. The van der Waals surface area contributed by atoms with Gasteiger partial charge in [0.05, 0.1) is 12.1 Å². The molecule has 0 aromatic heterocycles. The third-order valence-corrected chi connectivity index (χ3v) is 6.90. The van der Waals surface area contributed by atoms with Crippen LogP contribution in [0.1, 0.15) is 25.7 Å². The third kappa shape index (κ3) is 8.36. The maximum atomic E-state index is 12.4. The molecule has 0 saturated carbocycles. The summed E-state index contributed by atoms with van der Waals surface area (Å²) in [7, 11) is 1.37. The van der Waals surface area contributed by atoms with Crippen LogP contribution in [0.2, 0.25) is 0 Å². The Labute approximate surface area is 190 Å². The Kier molecular flexibility index (Phi) is 11.8. The Hall–Kier alpha value is -2.24. The van der Waals surface area contributed by atoms with E-state index in [9.17, 15) is 39.0 Å². The van der Waals surface area contributed by atoms with Gasteiger partial charge in [-0.1, -0.05) is 21.6 Å². The molecule has 2 amide bonds. The van der Waals surface area contributed by atoms with Crippen LogP contribution in [0.25, 0.3) is 0 Å². The van der Waals surface area contributed by atoms with Crippen LogP contribution < -0.4 is 34.4 Å². The lowest BCUT2D eigenvalue weighted by molar-refractivity contribution is -0.149. The van der Waals surface area contributed by atoms with Crippen LogP contribution in [-0.4, -0.2) is 80.2 Å². The van der Waals surface area contributed by atoms with Crippen LogP contribution in [0, 0.1) is 0 Å². The van der Waals surface area contributed by atoms with Crippen LogP contribution >= 0.6 is 21.6 Å². The number of ketones is 2. The molecule has 14 nitrogen and oxygen atoms in total. The van der Waals surface area contributed by atoms with E-state index in [0.717, 1.165) is 0 Å². The number of hydrogen-bond donors (Lipinski definition) is 8. The molecule has 0 saturated heterocycles. The van der Waals surface area contributed by atoms with E-state index in [1.165, 1.54) is 0 Å². The molecule has 0 spiro atoms. The molecule has 0 heterocycles. The molecule has 0 radical (unpaired) electrons. The number of nitrogens with two attached hydrogens (primary N) is 6. The summed E-state index contributed by atoms with van der Waals surface area (Å²) in [4.78, 5) is 69.6. The molecular weight excluding hydrogens is 468 g/mol. The Bertz CT molecular complexity index is 707. The highest BCUT2D eigenvalue weighted by Gasteiger charge is 2.47. The predicted octanol–water partition coefficient (Wildman–Crippen LogP) is -3.74. The van der Waals surface area contributed by atoms with Gasteiger partial charge in [0, 0.05) is 24.3 Å². The van der Waals surface area contributed by atoms with Gasteiger partial charge < -0.3 is 44.6 Å². The van der Waals surface area contributed by atoms with Crippen LogP contribution in [0.15, 0.2) is 0 Å². The number of hydrogen-bond acceptors (Lipinski definition) is 12. The highest BCUT2D eigenvalue weighted by Crippen LogP contribution is 2.30. The molecule has 16 heteroatoms. The minimum Gasteiger partial charge on any atom is -0.480 e. The molecule has 0 bridgehead atoms. The average molecular weight is 497 g/mol. The summed E-state index contributed by atoms with van der Waals surface area (Å²) in [5, 5.41) is 18.8. The zero-order valence-corrected chi connectivity index (χ0v) is 18.7. The van der Waals surface area contributed by atoms with Crippen LogP contribution in [-0.2, 0) is 28.8 Å². The van der Waals surface area contributed by atoms with Crippen LogP contribution in [0.3, 0.4) is 0 Å². The van der Waals surface area contributed by atoms with Crippen molar-refractivity contribution in [2.45, 2.75) is 48.8 Å². The van der Waals surface area contributed by atoms with Gasteiger partial charge in [0.15, 0.2) is 22.6 Å². The lowest BCUT2D eigenvalue weighted by Crippen LogP contribution is -2.62. The second-order valence-electron chi connectivity index (χ2n) is 7.03. The van der Waals surface area contributed by atoms with Gasteiger partial charge in [0.2, 0.25) is 11.8 Å². The van der Waals surface area contributed by atoms with E-state index in [-0.39, 0.29) is 25.7 Å². The molecule has 4 unspecified atom stereocenters. The van der Waals surface area contributed by atoms with E-state index >= 15 is 0 Å². The minimum atomic E-state index is -2.45. The monoisotopic (exact) mass is 496 g/mol. The predicted molar refractivity (Wildman–Crippen MR) is 117 cm³/mol. The largest absolute Gasteiger partial charge is 0.480 e. The third-order valence-electron chi connectivity index (χ3n) is 4.38. The van der Waals surface area contributed by atoms with Gasteiger partial charge in [-0.05, 0) is 12.8 Å². The van der Waals surface area contributed by atoms with E-state index in [1.807, 2.05) is 0 Å². The fourth-order valence-corrected chi connectivity index (χ4v) is 4.95. The summed E-state index contributed by atoms with van der Waals surface area (Å²) in [6.07, 6.45) is -0.921. The summed E-state index contributed by atoms with van der Waals surface area (Å²) in [6, 6.07) is -2.74. The smallest absolute Gasteiger partial charge is 0.332 e. The van der Waals surface area contributed by atoms with Gasteiger partial charge in [-0.25, -0.2) is 9.59 Å². The molecule has 0 aromatic rings. The minimum absolute atomic E-state index is 0.208. The van der Waals surface area contributed by atoms with Gasteiger partial charge in [0.25, 0.3) is 0 Å². The first kappa shape index (κ1) is 29.8. The Balaban J connectivity index is 5.16. The Morgan fingerprint density at radius 2 is 0.969 bits per heavy atom. The zero-order valence-electron chi connectivity index (χ0n) is 17.0. The second-order valence-corrected chi connectivity index (χ2v) is 9.49. The average Bonchev–Trinajstić information content (AvgIpc) is 2.71. The van der Waals surface area contributed by atoms with Crippen molar-refractivity contribution in [1.82, 2.24) is 0 Å². The molecule has 0 fully saturated rings. The first-order chi connectivity index (χ1) is 14.6. The van der Waals surface area contributed by atoms with E-state index in [4.69, 9.17) is 34.4 Å². The van der Waals surface area contributed by atoms with Gasteiger partial charge >= 0.3 is 11.9 Å². The SMILES string of the molecule is NC(=O)CCC(N)C(=O)C(N)(CSSCC(N)(C(=O)O)C(=O)C(N)CCC(N)=O)C(=O)O. The van der Waals surface area contributed by atoms with Crippen molar-refractivity contribution in [3.63, 3.8) is 0 Å². The van der Waals surface area contributed by atoms with Gasteiger partial charge in [-0.2, -0.15) is 0 Å². The summed E-state index contributed by atoms with van der Waals surface area (Å²) in [5.41, 5.74) is 27.7. The molecule has 14 N–H and O–H groups in total. The summed E-state index contributed by atoms with van der Waals surface area (Å²) in [6.45, 7) is 0. The summed E-state index contributed by atoms with van der Waals surface area (Å²) >= 11 is 0. The number of carbonyl (C=O) groups excluding carboxylic acids is 4. The number of rotatable bonds is 17. The number of primary amides is 2. The summed E-state index contributed by atoms with van der Waals surface area (Å²) in [5.74, 6) is -8.05. The molecule has 0 aromatic carbocycles. The molecule has 0 aliphatic heterocycles. The maximum absolute atomic E-state index is 12.4. The lowest BCUT2D eigenvalue weighted by atomic mass is 9.90. The normalized spacial score (nSPS) is 16.8. The second kappa shape index (κ2) is 12.7. The van der Waals surface area contributed by atoms with Crippen molar-refractivity contribution in [3.8, 4) is 0 Å². The van der Waals surface area contributed by atoms with E-state index in [0.29, 0.717) is 21.6 Å². The highest BCUT2D eigenvalue weighted by atomic mass is 33.1. The van der Waals surface area contributed by atoms with Crippen molar-refractivity contribution in [1.29, 1.82) is 0 Å². The highest BCUT2D eigenvalue weighted by molar-refractivity contribution is 8.76. The number of Topliss-reactive ketones (excluding diaryl/α,β-unsaturated/α-hetero) is 2. The van der Waals surface area contributed by atoms with Gasteiger partial charge in [0.1, 0.15) is 0 Å². The standard InChI is InChI=1S/C16H28N6O8S2/c17-7(1-3-9(19)23)11(25)15(21,13(27)28)5-31-32-6-16(22,14(29)30)12(26)8(18)2-4-10(20)24/h7-8H,1-6,17-18,21-22H2,(H2,19,23)(H2,20,24)(H,27,28)(H,29,30). The number of aliphatic carboxylic acids is 2. The number of carbonyl (C=O) groups is 6. The van der Waals surface area contributed by atoms with Crippen molar-refractivity contribution in [2.75, 3.05) is 11.5 Å². The molecule has 0 aliphatic carbocycles. The molecule has 182 valence electrons. The topological polar surface area (TPSA) is 299 Å². The number of carboxylic acids is 2. The number of amides is 2. The molecular formula is C16H28N6O8S2. The lowest BCUT2D eigenvalue weighted by Gasteiger charge is -2.27. The fourth-order valence-electron chi connectivity index (χ4n) is 2.27. The van der Waals surface area contributed by atoms with Crippen LogP contribution in [0.4, 0.5) is 0 Å². The Morgan fingerprint density at radius 1 is 0.688 bits per heavy atom. The molecule has 0 aliphatic rings. The van der Waals surface area contributed by atoms with Crippen molar-refractivity contribution in [3.05, 3.63) is 0 Å². The number of carboxylic acid groups (broad SMARTS) is 2.